The van der Waals surface area contributed by atoms with Gasteiger partial charge in [0, 0.05) is 32.9 Å². The van der Waals surface area contributed by atoms with Crippen molar-refractivity contribution in [1.29, 1.82) is 0 Å². The lowest BCUT2D eigenvalue weighted by molar-refractivity contribution is -0.274. The number of carbonyl (C=O) groups excluding carboxylic acids is 3. The van der Waals surface area contributed by atoms with Crippen molar-refractivity contribution >= 4 is 28.6 Å². The number of rotatable bonds is 11. The zero-order valence-corrected chi connectivity index (χ0v) is 23.2. The number of nitrogens with zero attached hydrogens (tertiary/aromatic N) is 3. The molecule has 5 atom stereocenters. The van der Waals surface area contributed by atoms with Crippen LogP contribution < -0.4 is 5.32 Å². The van der Waals surface area contributed by atoms with Crippen LogP contribution in [-0.4, -0.2) is 70.1 Å². The maximum absolute atomic E-state index is 12.1. The van der Waals surface area contributed by atoms with Crippen LogP contribution >= 0.6 is 0 Å². The van der Waals surface area contributed by atoms with E-state index in [1.807, 2.05) is 42.5 Å². The van der Waals surface area contributed by atoms with E-state index >= 15 is 0 Å². The molecule has 1 N–H and O–H groups in total. The molecule has 3 aromatic rings. The van der Waals surface area contributed by atoms with E-state index in [0.717, 1.165) is 35.6 Å². The second-order valence-electron chi connectivity index (χ2n) is 9.88. The summed E-state index contributed by atoms with van der Waals surface area (Å²) in [5, 5.41) is 13.6. The maximum Gasteiger partial charge on any atom is 0.303 e. The van der Waals surface area contributed by atoms with Crippen LogP contribution in [-0.2, 0) is 39.9 Å². The summed E-state index contributed by atoms with van der Waals surface area (Å²) in [7, 11) is 0. The Balaban J connectivity index is 1.62. The Kier molecular flexibility index (Phi) is 9.84. The Bertz CT molecular complexity index is 1330. The van der Waals surface area contributed by atoms with Gasteiger partial charge in [-0.3, -0.25) is 14.4 Å². The van der Waals surface area contributed by atoms with Gasteiger partial charge >= 0.3 is 11.9 Å². The normalized spacial score (nSPS) is 22.6. The molecule has 1 aliphatic heterocycles. The number of aromatic nitrogens is 3. The minimum atomic E-state index is -1.05. The van der Waals surface area contributed by atoms with Crippen molar-refractivity contribution in [3.8, 4) is 11.3 Å². The van der Waals surface area contributed by atoms with E-state index in [0.29, 0.717) is 12.3 Å². The molecule has 4 rings (SSSR count). The summed E-state index contributed by atoms with van der Waals surface area (Å²) in [4.78, 5) is 36.3. The molecule has 214 valence electrons. The quantitative estimate of drug-likeness (QED) is 0.281. The fourth-order valence-corrected chi connectivity index (χ4v) is 4.85. The number of hydrogen-bond acceptors (Lipinski definition) is 9. The van der Waals surface area contributed by atoms with Crippen molar-refractivity contribution in [1.82, 2.24) is 20.3 Å². The summed E-state index contributed by atoms with van der Waals surface area (Å²) in [6, 6.07) is 13.2. The predicted molar refractivity (Wildman–Crippen MR) is 146 cm³/mol. The molecule has 1 aromatic heterocycles. The van der Waals surface area contributed by atoms with Gasteiger partial charge in [0.1, 0.15) is 17.8 Å². The van der Waals surface area contributed by atoms with Crippen LogP contribution in [0.2, 0.25) is 0 Å². The molecule has 2 heterocycles. The van der Waals surface area contributed by atoms with Gasteiger partial charge in [0.25, 0.3) is 0 Å². The topological polar surface area (TPSA) is 131 Å². The van der Waals surface area contributed by atoms with Gasteiger partial charge < -0.3 is 24.3 Å². The summed E-state index contributed by atoms with van der Waals surface area (Å²) in [5.41, 5.74) is 1.55. The van der Waals surface area contributed by atoms with E-state index in [1.54, 1.807) is 10.9 Å². The molecule has 1 saturated heterocycles. The first-order chi connectivity index (χ1) is 19.2. The van der Waals surface area contributed by atoms with Crippen molar-refractivity contribution in [3.63, 3.8) is 0 Å². The summed E-state index contributed by atoms with van der Waals surface area (Å²) in [6.45, 7) is 6.44. The number of ether oxygens (including phenoxy) is 4. The van der Waals surface area contributed by atoms with Gasteiger partial charge in [-0.15, -0.1) is 5.10 Å². The van der Waals surface area contributed by atoms with Crippen LogP contribution in [0.4, 0.5) is 0 Å². The van der Waals surface area contributed by atoms with E-state index in [-0.39, 0.29) is 12.5 Å². The molecule has 1 fully saturated rings. The predicted octanol–water partition coefficient (Wildman–Crippen LogP) is 3.40. The van der Waals surface area contributed by atoms with E-state index in [2.05, 4.69) is 22.6 Å². The highest BCUT2D eigenvalue weighted by Gasteiger charge is 2.51. The van der Waals surface area contributed by atoms with Gasteiger partial charge in [-0.1, -0.05) is 61.4 Å². The number of fused-ring (bicyclic) bond motifs is 1. The zero-order chi connectivity index (χ0) is 28.6. The fourth-order valence-electron chi connectivity index (χ4n) is 4.85. The molecule has 1 amide bonds. The number of hydrogen-bond donors (Lipinski definition) is 1. The third-order valence-electron chi connectivity index (χ3n) is 6.60. The molecule has 0 spiro atoms. The van der Waals surface area contributed by atoms with E-state index < -0.39 is 42.6 Å². The Morgan fingerprint density at radius 1 is 0.975 bits per heavy atom. The molecule has 0 radical (unpaired) electrons. The Morgan fingerprint density at radius 3 is 2.40 bits per heavy atom. The van der Waals surface area contributed by atoms with Crippen LogP contribution in [0, 0.1) is 0 Å². The molecule has 5 unspecified atom stereocenters. The smallest absolute Gasteiger partial charge is 0.303 e. The van der Waals surface area contributed by atoms with Crippen molar-refractivity contribution in [2.75, 3.05) is 6.61 Å². The lowest BCUT2D eigenvalue weighted by atomic mass is 9.95. The molecule has 2 aromatic carbocycles. The molecular formula is C29H36N4O7. The van der Waals surface area contributed by atoms with Gasteiger partial charge in [-0.2, -0.15) is 0 Å². The number of amides is 1. The summed E-state index contributed by atoms with van der Waals surface area (Å²) < 4.78 is 25.2. The maximum atomic E-state index is 12.1. The Morgan fingerprint density at radius 2 is 1.70 bits per heavy atom. The highest BCUT2D eigenvalue weighted by molar-refractivity contribution is 5.86. The van der Waals surface area contributed by atoms with Crippen LogP contribution in [0.15, 0.2) is 48.7 Å². The van der Waals surface area contributed by atoms with Gasteiger partial charge in [0.15, 0.2) is 18.5 Å². The Hall–Kier alpha value is -3.83. The fraction of sp³-hybridized carbons (Fsp3) is 0.483. The summed E-state index contributed by atoms with van der Waals surface area (Å²) in [5.74, 6) is -1.55. The minimum Gasteiger partial charge on any atom is -0.456 e. The number of carbonyl (C=O) groups is 3. The number of unbranched alkanes of at least 4 members (excludes halogenated alkanes) is 2. The molecule has 0 saturated carbocycles. The van der Waals surface area contributed by atoms with E-state index in [4.69, 9.17) is 18.9 Å². The summed E-state index contributed by atoms with van der Waals surface area (Å²) in [6.07, 6.45) is 0.661. The first-order valence-electron chi connectivity index (χ1n) is 13.5. The number of esters is 2. The van der Waals surface area contributed by atoms with Crippen LogP contribution in [0.25, 0.3) is 22.0 Å². The minimum absolute atomic E-state index is 0.123. The molecule has 0 bridgehead atoms. The third kappa shape index (κ3) is 7.42. The largest absolute Gasteiger partial charge is 0.456 e. The van der Waals surface area contributed by atoms with Gasteiger partial charge in [-0.05, 0) is 23.3 Å². The Labute approximate surface area is 233 Å². The monoisotopic (exact) mass is 552 g/mol. The lowest BCUT2D eigenvalue weighted by Gasteiger charge is -2.45. The average Bonchev–Trinajstić information content (AvgIpc) is 3.38. The van der Waals surface area contributed by atoms with Crippen LogP contribution in [0.1, 0.15) is 47.0 Å². The molecule has 0 aliphatic carbocycles. The third-order valence-corrected chi connectivity index (χ3v) is 6.60. The molecule has 11 nitrogen and oxygen atoms in total. The SMILES string of the molecule is CCCCCOC1OC(Cn2cc(-c3ccc4ccccc4c3)nn2)C(OC(C)=O)C(OC(C)=O)C1NC(C)=O. The number of nitrogens with one attached hydrogen (secondary N) is 1. The van der Waals surface area contributed by atoms with Gasteiger partial charge in [0.2, 0.25) is 5.91 Å². The van der Waals surface area contributed by atoms with E-state index in [9.17, 15) is 14.4 Å². The van der Waals surface area contributed by atoms with Crippen molar-refractivity contribution in [2.45, 2.75) is 84.1 Å². The second-order valence-corrected chi connectivity index (χ2v) is 9.88. The van der Waals surface area contributed by atoms with Crippen LogP contribution in [0.3, 0.4) is 0 Å². The van der Waals surface area contributed by atoms with Crippen molar-refractivity contribution < 1.29 is 33.3 Å². The molecule has 1 aliphatic rings. The van der Waals surface area contributed by atoms with Gasteiger partial charge in [0.05, 0.1) is 12.7 Å². The highest BCUT2D eigenvalue weighted by atomic mass is 16.7. The standard InChI is InChI=1S/C29H36N4O7/c1-5-6-9-14-37-29-26(30-18(2)34)28(39-20(4)36)27(38-19(3)35)25(40-29)17-33-16-24(31-32-33)23-13-12-21-10-7-8-11-22(21)15-23/h7-8,10-13,15-16,25-29H,5-6,9,14,17H2,1-4H3,(H,30,34). The molecular weight excluding hydrogens is 516 g/mol. The highest BCUT2D eigenvalue weighted by Crippen LogP contribution is 2.29. The van der Waals surface area contributed by atoms with Gasteiger partial charge in [-0.25, -0.2) is 4.68 Å². The van der Waals surface area contributed by atoms with E-state index in [1.165, 1.54) is 20.8 Å². The zero-order valence-electron chi connectivity index (χ0n) is 23.2. The van der Waals surface area contributed by atoms with Crippen molar-refractivity contribution in [2.24, 2.45) is 0 Å². The summed E-state index contributed by atoms with van der Waals surface area (Å²) >= 11 is 0. The molecule has 11 heteroatoms. The average molecular weight is 553 g/mol. The van der Waals surface area contributed by atoms with Crippen LogP contribution in [0.5, 0.6) is 0 Å². The second kappa shape index (κ2) is 13.5. The first-order valence-corrected chi connectivity index (χ1v) is 13.5. The number of benzene rings is 2. The van der Waals surface area contributed by atoms with Crippen molar-refractivity contribution in [3.05, 3.63) is 48.7 Å². The molecule has 40 heavy (non-hydrogen) atoms. The first kappa shape index (κ1) is 29.2. The lowest BCUT2D eigenvalue weighted by Crippen LogP contribution is -2.66.